The maximum absolute atomic E-state index is 12.8. The van der Waals surface area contributed by atoms with Gasteiger partial charge in [0.05, 0.1) is 33.0 Å². The Labute approximate surface area is 221 Å². The van der Waals surface area contributed by atoms with E-state index < -0.39 is 5.97 Å². The molecule has 208 valence electrons. The Bertz CT molecular complexity index is 876. The molecule has 1 saturated heterocycles. The van der Waals surface area contributed by atoms with Crippen LogP contribution in [0.1, 0.15) is 62.7 Å². The summed E-state index contributed by atoms with van der Waals surface area (Å²) < 4.78 is 28.4. The number of hydrogen-bond donors (Lipinski definition) is 0. The first-order chi connectivity index (χ1) is 17.9. The number of rotatable bonds is 5. The molecule has 1 aromatic carbocycles. The highest BCUT2D eigenvalue weighted by molar-refractivity contribution is 5.91. The summed E-state index contributed by atoms with van der Waals surface area (Å²) in [5.74, 6) is 0.968. The quantitative estimate of drug-likeness (QED) is 0.538. The summed E-state index contributed by atoms with van der Waals surface area (Å²) in [5.41, 5.74) is 0.358. The Kier molecular flexibility index (Phi) is 11.8. The van der Waals surface area contributed by atoms with Crippen LogP contribution in [0.3, 0.4) is 0 Å². The van der Waals surface area contributed by atoms with Crippen molar-refractivity contribution < 1.29 is 33.3 Å². The van der Waals surface area contributed by atoms with Gasteiger partial charge in [0.15, 0.2) is 11.5 Å². The van der Waals surface area contributed by atoms with Gasteiger partial charge in [-0.2, -0.15) is 0 Å². The van der Waals surface area contributed by atoms with E-state index in [-0.39, 0.29) is 18.0 Å². The van der Waals surface area contributed by atoms with Crippen molar-refractivity contribution in [3.05, 3.63) is 17.7 Å². The Balaban J connectivity index is 1.76. The van der Waals surface area contributed by atoms with Crippen molar-refractivity contribution >= 4 is 11.9 Å². The minimum atomic E-state index is -0.414. The van der Waals surface area contributed by atoms with Crippen molar-refractivity contribution in [1.82, 2.24) is 9.80 Å². The summed E-state index contributed by atoms with van der Waals surface area (Å²) in [5, 5.41) is 0. The molecule has 0 radical (unpaired) electrons. The molecule has 2 aliphatic rings. The van der Waals surface area contributed by atoms with E-state index in [0.717, 1.165) is 58.5 Å². The maximum Gasteiger partial charge on any atom is 0.338 e. The highest BCUT2D eigenvalue weighted by Gasteiger charge is 2.22. The third kappa shape index (κ3) is 9.38. The molecule has 9 heteroatoms. The molecule has 37 heavy (non-hydrogen) atoms. The zero-order valence-corrected chi connectivity index (χ0v) is 23.0. The van der Waals surface area contributed by atoms with Crippen LogP contribution in [0.2, 0.25) is 0 Å². The topological polar surface area (TPSA) is 86.8 Å². The summed E-state index contributed by atoms with van der Waals surface area (Å²) in [6.45, 7) is 10.6. The van der Waals surface area contributed by atoms with Gasteiger partial charge in [0.1, 0.15) is 6.10 Å². The largest absolute Gasteiger partial charge is 0.493 e. The first-order valence-electron chi connectivity index (χ1n) is 13.6. The van der Waals surface area contributed by atoms with Crippen molar-refractivity contribution in [3.8, 4) is 17.2 Å². The second kappa shape index (κ2) is 15.0. The van der Waals surface area contributed by atoms with E-state index in [1.807, 2.05) is 13.8 Å². The van der Waals surface area contributed by atoms with Crippen LogP contribution in [0, 0.1) is 5.92 Å². The SMILES string of the molecule is COc1cc2cc(c1OC)OCCCC(OC(=O)CC(C)C)CCN1CCCN(CCCOC2=O)CC1. The van der Waals surface area contributed by atoms with Gasteiger partial charge in [-0.15, -0.1) is 0 Å². The van der Waals surface area contributed by atoms with E-state index in [0.29, 0.717) is 55.3 Å². The summed E-state index contributed by atoms with van der Waals surface area (Å²) in [6.07, 6.45) is 4.33. The van der Waals surface area contributed by atoms with Crippen LogP contribution in [0.25, 0.3) is 0 Å². The van der Waals surface area contributed by atoms with Crippen LogP contribution in [-0.2, 0) is 14.3 Å². The molecule has 0 amide bonds. The third-order valence-electron chi connectivity index (χ3n) is 6.78. The van der Waals surface area contributed by atoms with Gasteiger partial charge < -0.3 is 33.5 Å². The first kappa shape index (κ1) is 29.0. The molecule has 0 saturated carbocycles. The standard InChI is InChI=1S/C28H44N2O7/c1-21(2)18-26(31)37-23-8-5-16-35-25-20-22(19-24(33-3)27(25)34-4)28(32)36-17-7-12-29-10-6-11-30(13-9-23)15-14-29/h19-21,23H,5-18H2,1-4H3. The Morgan fingerprint density at radius 1 is 0.919 bits per heavy atom. The smallest absolute Gasteiger partial charge is 0.338 e. The number of carbonyl (C=O) groups excluding carboxylic acids is 2. The number of ether oxygens (including phenoxy) is 5. The minimum Gasteiger partial charge on any atom is -0.493 e. The molecule has 4 bridgehead atoms. The summed E-state index contributed by atoms with van der Waals surface area (Å²) in [4.78, 5) is 30.1. The highest BCUT2D eigenvalue weighted by atomic mass is 16.5. The molecule has 0 N–H and O–H groups in total. The van der Waals surface area contributed by atoms with Crippen LogP contribution >= 0.6 is 0 Å². The van der Waals surface area contributed by atoms with Gasteiger partial charge in [-0.25, -0.2) is 4.79 Å². The van der Waals surface area contributed by atoms with E-state index in [9.17, 15) is 9.59 Å². The van der Waals surface area contributed by atoms with Crippen LogP contribution in [-0.4, -0.2) is 94.5 Å². The van der Waals surface area contributed by atoms with Gasteiger partial charge in [0, 0.05) is 32.6 Å². The van der Waals surface area contributed by atoms with Crippen molar-refractivity contribution in [2.45, 2.75) is 58.5 Å². The zero-order chi connectivity index (χ0) is 26.6. The fourth-order valence-electron chi connectivity index (χ4n) is 4.81. The molecule has 3 unspecified atom stereocenters. The van der Waals surface area contributed by atoms with E-state index in [2.05, 4.69) is 9.80 Å². The predicted octanol–water partition coefficient (Wildman–Crippen LogP) is 3.78. The zero-order valence-electron chi connectivity index (χ0n) is 23.0. The van der Waals surface area contributed by atoms with Crippen LogP contribution < -0.4 is 14.2 Å². The van der Waals surface area contributed by atoms with Gasteiger partial charge in [0.2, 0.25) is 5.75 Å². The Morgan fingerprint density at radius 2 is 1.62 bits per heavy atom. The number of methoxy groups -OCH3 is 2. The third-order valence-corrected chi connectivity index (χ3v) is 6.78. The summed E-state index contributed by atoms with van der Waals surface area (Å²) in [6, 6.07) is 3.25. The molecule has 3 rings (SSSR count). The lowest BCUT2D eigenvalue weighted by Crippen LogP contribution is -2.34. The Morgan fingerprint density at radius 3 is 2.32 bits per heavy atom. The second-order valence-electron chi connectivity index (χ2n) is 10.2. The monoisotopic (exact) mass is 520 g/mol. The highest BCUT2D eigenvalue weighted by Crippen LogP contribution is 2.38. The summed E-state index contributed by atoms with van der Waals surface area (Å²) in [7, 11) is 3.06. The molecular weight excluding hydrogens is 476 g/mol. The average molecular weight is 521 g/mol. The van der Waals surface area contributed by atoms with Crippen molar-refractivity contribution in [2.24, 2.45) is 5.92 Å². The van der Waals surface area contributed by atoms with Gasteiger partial charge in [-0.3, -0.25) is 4.79 Å². The first-order valence-corrected chi connectivity index (χ1v) is 13.6. The van der Waals surface area contributed by atoms with Gasteiger partial charge in [0.25, 0.3) is 0 Å². The van der Waals surface area contributed by atoms with E-state index in [1.54, 1.807) is 12.1 Å². The molecule has 0 aromatic heterocycles. The van der Waals surface area contributed by atoms with Crippen molar-refractivity contribution in [2.75, 3.05) is 66.7 Å². The summed E-state index contributed by atoms with van der Waals surface area (Å²) >= 11 is 0. The van der Waals surface area contributed by atoms with Crippen LogP contribution in [0.5, 0.6) is 17.2 Å². The van der Waals surface area contributed by atoms with Gasteiger partial charge >= 0.3 is 11.9 Å². The van der Waals surface area contributed by atoms with Crippen LogP contribution in [0.4, 0.5) is 0 Å². The number of carbonyl (C=O) groups is 2. The number of hydrogen-bond acceptors (Lipinski definition) is 9. The molecule has 3 atom stereocenters. The number of cyclic esters (lactones) is 1. The molecule has 2 aliphatic heterocycles. The normalized spacial score (nSPS) is 24.0. The van der Waals surface area contributed by atoms with Gasteiger partial charge in [-0.1, -0.05) is 13.8 Å². The lowest BCUT2D eigenvalue weighted by atomic mass is 10.1. The van der Waals surface area contributed by atoms with E-state index in [1.165, 1.54) is 14.2 Å². The molecule has 0 spiro atoms. The lowest BCUT2D eigenvalue weighted by molar-refractivity contribution is -0.150. The Hall–Kier alpha value is -2.52. The van der Waals surface area contributed by atoms with Gasteiger partial charge in [-0.05, 0) is 63.2 Å². The molecule has 1 aromatic rings. The lowest BCUT2D eigenvalue weighted by Gasteiger charge is -2.25. The fraction of sp³-hybridized carbons (Fsp3) is 0.714. The molecule has 0 aliphatic carbocycles. The molecular formula is C28H44N2O7. The number of esters is 2. The molecule has 1 fully saturated rings. The number of nitrogens with zero attached hydrogens (tertiary/aromatic N) is 2. The van der Waals surface area contributed by atoms with Crippen molar-refractivity contribution in [1.29, 1.82) is 0 Å². The number of benzene rings is 1. The fourth-order valence-corrected chi connectivity index (χ4v) is 4.81. The van der Waals surface area contributed by atoms with E-state index >= 15 is 0 Å². The molecule has 2 heterocycles. The average Bonchev–Trinajstić information content (AvgIpc) is 3.10. The van der Waals surface area contributed by atoms with Crippen molar-refractivity contribution in [3.63, 3.8) is 0 Å². The van der Waals surface area contributed by atoms with E-state index in [4.69, 9.17) is 23.7 Å². The van der Waals surface area contributed by atoms with Crippen LogP contribution in [0.15, 0.2) is 12.1 Å². The maximum atomic E-state index is 12.8. The molecule has 9 nitrogen and oxygen atoms in total. The predicted molar refractivity (Wildman–Crippen MR) is 141 cm³/mol. The minimum absolute atomic E-state index is 0.140. The second-order valence-corrected chi connectivity index (χ2v) is 10.2. The number of fused-ring (bicyclic) bond motifs is 5.